The highest BCUT2D eigenvalue weighted by Gasteiger charge is 2.48. The maximum absolute atomic E-state index is 12.9. The third-order valence-electron chi connectivity index (χ3n) is 8.30. The van der Waals surface area contributed by atoms with Gasteiger partial charge in [-0.25, -0.2) is 9.59 Å². The van der Waals surface area contributed by atoms with Gasteiger partial charge in [0.25, 0.3) is 0 Å². The first kappa shape index (κ1) is 37.4. The molecule has 0 amide bonds. The zero-order valence-electron chi connectivity index (χ0n) is 25.6. The summed E-state index contributed by atoms with van der Waals surface area (Å²) in [6.45, 7) is 2.07. The summed E-state index contributed by atoms with van der Waals surface area (Å²) < 4.78 is 38.1. The van der Waals surface area contributed by atoms with E-state index in [0.29, 0.717) is 0 Å². The van der Waals surface area contributed by atoms with Gasteiger partial charge in [-0.3, -0.25) is 0 Å². The Bertz CT molecular complexity index is 1300. The molecule has 9 N–H and O–H groups in total. The Morgan fingerprint density at radius 1 is 0.854 bits per heavy atom. The van der Waals surface area contributed by atoms with Crippen LogP contribution in [0.15, 0.2) is 42.7 Å². The molecule has 3 heterocycles. The van der Waals surface area contributed by atoms with Gasteiger partial charge in [0.05, 0.1) is 44.3 Å². The lowest BCUT2D eigenvalue weighted by molar-refractivity contribution is -0.339. The fourth-order valence-corrected chi connectivity index (χ4v) is 5.53. The van der Waals surface area contributed by atoms with E-state index in [-0.39, 0.29) is 35.7 Å². The summed E-state index contributed by atoms with van der Waals surface area (Å²) in [6.07, 6.45) is -14.7. The summed E-state index contributed by atoms with van der Waals surface area (Å²) in [4.78, 5) is 24.9. The molecule has 0 aliphatic carbocycles. The number of aliphatic hydroxyl groups excluding tert-OH is 8. The molecule has 18 heteroatoms. The van der Waals surface area contributed by atoms with Crippen molar-refractivity contribution in [3.8, 4) is 11.5 Å². The topological polar surface area (TPSA) is 281 Å². The second-order valence-electron chi connectivity index (χ2n) is 11.2. The van der Waals surface area contributed by atoms with E-state index >= 15 is 0 Å². The maximum Gasteiger partial charge on any atom is 0.338 e. The summed E-state index contributed by atoms with van der Waals surface area (Å²) >= 11 is 0. The number of carboxylic acid groups (broad SMARTS) is 1. The Morgan fingerprint density at radius 2 is 1.46 bits per heavy atom. The van der Waals surface area contributed by atoms with Crippen LogP contribution in [0.2, 0.25) is 0 Å². The SMILES string of the molecule is C=CC1C(OC2OC(CO)C(O)C(O)C2O)OC=C(C(=O)O)C1CCOC(=O)c1ccc(OC2OC(CO)C(O)C(O)C2O)c(OC)c1. The van der Waals surface area contributed by atoms with Crippen molar-refractivity contribution in [1.82, 2.24) is 0 Å². The molecular formula is C30H40O18. The third-order valence-corrected chi connectivity index (χ3v) is 8.30. The molecule has 2 saturated heterocycles. The van der Waals surface area contributed by atoms with Crippen molar-refractivity contribution in [2.75, 3.05) is 26.9 Å². The van der Waals surface area contributed by atoms with Crippen LogP contribution < -0.4 is 9.47 Å². The summed E-state index contributed by atoms with van der Waals surface area (Å²) in [5.41, 5.74) is -0.195. The van der Waals surface area contributed by atoms with Gasteiger partial charge >= 0.3 is 11.9 Å². The summed E-state index contributed by atoms with van der Waals surface area (Å²) in [5.74, 6) is -3.96. The van der Waals surface area contributed by atoms with Crippen molar-refractivity contribution in [3.63, 3.8) is 0 Å². The monoisotopic (exact) mass is 688 g/mol. The Kier molecular flexibility index (Phi) is 12.7. The molecule has 0 radical (unpaired) electrons. The second kappa shape index (κ2) is 16.3. The zero-order valence-corrected chi connectivity index (χ0v) is 25.6. The summed E-state index contributed by atoms with van der Waals surface area (Å²) in [6, 6.07) is 3.86. The van der Waals surface area contributed by atoms with E-state index in [0.717, 1.165) is 6.26 Å². The first-order valence-corrected chi connectivity index (χ1v) is 14.9. The number of esters is 1. The molecule has 13 unspecified atom stereocenters. The molecule has 0 spiro atoms. The van der Waals surface area contributed by atoms with Crippen LogP contribution in [0, 0.1) is 11.8 Å². The van der Waals surface area contributed by atoms with Crippen molar-refractivity contribution in [2.24, 2.45) is 11.8 Å². The fourth-order valence-electron chi connectivity index (χ4n) is 5.53. The molecule has 0 saturated carbocycles. The molecule has 2 fully saturated rings. The number of rotatable bonds is 13. The lowest BCUT2D eigenvalue weighted by atomic mass is 9.82. The number of carboxylic acids is 1. The smallest absolute Gasteiger partial charge is 0.338 e. The minimum Gasteiger partial charge on any atom is -0.493 e. The third kappa shape index (κ3) is 7.90. The van der Waals surface area contributed by atoms with E-state index in [4.69, 9.17) is 33.2 Å². The van der Waals surface area contributed by atoms with Gasteiger partial charge in [-0.15, -0.1) is 6.58 Å². The molecule has 268 valence electrons. The molecule has 3 aliphatic rings. The first-order valence-electron chi connectivity index (χ1n) is 14.9. The normalized spacial score (nSPS) is 36.7. The van der Waals surface area contributed by atoms with Gasteiger partial charge in [0.1, 0.15) is 48.8 Å². The van der Waals surface area contributed by atoms with Crippen molar-refractivity contribution < 1.29 is 88.7 Å². The maximum atomic E-state index is 12.9. The van der Waals surface area contributed by atoms with E-state index in [9.17, 15) is 55.5 Å². The number of carbonyl (C=O) groups excluding carboxylic acids is 1. The van der Waals surface area contributed by atoms with Gasteiger partial charge in [-0.1, -0.05) is 6.08 Å². The number of hydrogen-bond acceptors (Lipinski definition) is 17. The highest BCUT2D eigenvalue weighted by atomic mass is 16.8. The average molecular weight is 689 g/mol. The highest BCUT2D eigenvalue weighted by Crippen LogP contribution is 2.37. The van der Waals surface area contributed by atoms with Crippen molar-refractivity contribution in [2.45, 2.75) is 74.1 Å². The summed E-state index contributed by atoms with van der Waals surface area (Å²) in [5, 5.41) is 89.4. The van der Waals surface area contributed by atoms with Crippen LogP contribution in [0.3, 0.4) is 0 Å². The van der Waals surface area contributed by atoms with Gasteiger partial charge in [-0.05, 0) is 24.6 Å². The van der Waals surface area contributed by atoms with Gasteiger partial charge in [0.15, 0.2) is 17.8 Å². The summed E-state index contributed by atoms with van der Waals surface area (Å²) in [7, 11) is 1.27. The number of methoxy groups -OCH3 is 1. The quantitative estimate of drug-likeness (QED) is 0.0736. The molecule has 48 heavy (non-hydrogen) atoms. The fraction of sp³-hybridized carbons (Fsp3) is 0.600. The number of ether oxygens (including phenoxy) is 7. The van der Waals surface area contributed by atoms with Crippen LogP contribution >= 0.6 is 0 Å². The molecule has 18 nitrogen and oxygen atoms in total. The van der Waals surface area contributed by atoms with Crippen LogP contribution in [0.1, 0.15) is 16.8 Å². The molecule has 3 aliphatic heterocycles. The molecule has 13 atom stereocenters. The van der Waals surface area contributed by atoms with Crippen LogP contribution in [-0.4, -0.2) is 153 Å². The predicted molar refractivity (Wildman–Crippen MR) is 155 cm³/mol. The van der Waals surface area contributed by atoms with E-state index in [1.165, 1.54) is 31.4 Å². The first-order chi connectivity index (χ1) is 22.9. The van der Waals surface area contributed by atoms with E-state index < -0.39 is 105 Å². The second-order valence-corrected chi connectivity index (χ2v) is 11.2. The molecule has 4 rings (SSSR count). The molecule has 0 bridgehead atoms. The van der Waals surface area contributed by atoms with Crippen LogP contribution in [0.5, 0.6) is 11.5 Å². The van der Waals surface area contributed by atoms with Crippen LogP contribution in [0.4, 0.5) is 0 Å². The van der Waals surface area contributed by atoms with Crippen LogP contribution in [-0.2, 0) is 28.5 Å². The Labute approximate surface area is 273 Å². The minimum atomic E-state index is -1.74. The molecule has 0 aromatic heterocycles. The van der Waals surface area contributed by atoms with Gasteiger partial charge in [0.2, 0.25) is 12.6 Å². The predicted octanol–water partition coefficient (Wildman–Crippen LogP) is -3.02. The Balaban J connectivity index is 1.41. The van der Waals surface area contributed by atoms with Crippen molar-refractivity contribution in [3.05, 3.63) is 48.3 Å². The van der Waals surface area contributed by atoms with E-state index in [2.05, 4.69) is 6.58 Å². The number of aliphatic hydroxyl groups is 8. The number of hydrogen-bond donors (Lipinski definition) is 9. The Hall–Kier alpha value is -3.40. The number of carbonyl (C=O) groups is 2. The van der Waals surface area contributed by atoms with Crippen molar-refractivity contribution >= 4 is 11.9 Å². The number of benzene rings is 1. The molecule has 1 aromatic carbocycles. The van der Waals surface area contributed by atoms with Crippen LogP contribution in [0.25, 0.3) is 0 Å². The average Bonchev–Trinajstić information content (AvgIpc) is 3.08. The number of aliphatic carboxylic acids is 1. The molecular weight excluding hydrogens is 648 g/mol. The van der Waals surface area contributed by atoms with Gasteiger partial charge in [-0.2, -0.15) is 0 Å². The minimum absolute atomic E-state index is 0.00171. The Morgan fingerprint density at radius 3 is 2.02 bits per heavy atom. The van der Waals surface area contributed by atoms with Crippen molar-refractivity contribution in [1.29, 1.82) is 0 Å². The lowest BCUT2D eigenvalue weighted by Gasteiger charge is -2.43. The van der Waals surface area contributed by atoms with Gasteiger partial charge < -0.3 is 79.1 Å². The standard InChI is InChI=1S/C30H40O18/c1-3-13-14(15(26(39)40)11-44-28(13)48-30-25(38)23(36)21(34)19(10-32)47-30)6-7-43-27(41)12-4-5-16(17(8-12)42-2)45-29-24(37)22(35)20(33)18(9-31)46-29/h3-5,8,11,13-14,18-25,28-38H,1,6-7,9-10H2,2H3,(H,39,40). The van der Waals surface area contributed by atoms with Gasteiger partial charge in [0, 0.05) is 11.8 Å². The van der Waals surface area contributed by atoms with E-state index in [1.54, 1.807) is 0 Å². The lowest BCUT2D eigenvalue weighted by Crippen LogP contribution is -2.60. The zero-order chi connectivity index (χ0) is 35.3. The molecule has 1 aromatic rings. The van der Waals surface area contributed by atoms with E-state index in [1.807, 2.05) is 0 Å². The highest BCUT2D eigenvalue weighted by molar-refractivity contribution is 5.90. The largest absolute Gasteiger partial charge is 0.493 e.